The van der Waals surface area contributed by atoms with Crippen LogP contribution in [0.15, 0.2) is 0 Å². The van der Waals surface area contributed by atoms with Crippen LogP contribution in [0, 0.1) is 19.8 Å². The lowest BCUT2D eigenvalue weighted by Gasteiger charge is -2.22. The van der Waals surface area contributed by atoms with Gasteiger partial charge >= 0.3 is 0 Å². The first-order valence-electron chi connectivity index (χ1n) is 8.53. The number of hydrogen-bond acceptors (Lipinski definition) is 4. The molecule has 0 aliphatic heterocycles. The molecule has 4 heteroatoms. The molecule has 1 fully saturated rings. The molecule has 0 bridgehead atoms. The first-order valence-corrected chi connectivity index (χ1v) is 8.53. The van der Waals surface area contributed by atoms with E-state index in [1.165, 1.54) is 38.5 Å². The van der Waals surface area contributed by atoms with Gasteiger partial charge in [-0.25, -0.2) is 9.97 Å². The van der Waals surface area contributed by atoms with Gasteiger partial charge in [-0.05, 0) is 32.6 Å². The van der Waals surface area contributed by atoms with Crippen molar-refractivity contribution < 1.29 is 0 Å². The zero-order chi connectivity index (χ0) is 15.1. The summed E-state index contributed by atoms with van der Waals surface area (Å²) in [6, 6.07) is 0. The highest BCUT2D eigenvalue weighted by Gasteiger charge is 2.14. The van der Waals surface area contributed by atoms with E-state index in [1.807, 2.05) is 6.92 Å². The van der Waals surface area contributed by atoms with Crippen molar-refractivity contribution in [2.75, 3.05) is 23.7 Å². The Morgan fingerprint density at radius 2 is 1.57 bits per heavy atom. The van der Waals surface area contributed by atoms with Crippen LogP contribution in [0.3, 0.4) is 0 Å². The van der Waals surface area contributed by atoms with E-state index in [4.69, 9.17) is 0 Å². The fourth-order valence-electron chi connectivity index (χ4n) is 3.09. The maximum absolute atomic E-state index is 4.56. The summed E-state index contributed by atoms with van der Waals surface area (Å²) in [5.74, 6) is 3.72. The van der Waals surface area contributed by atoms with Crippen molar-refractivity contribution in [2.24, 2.45) is 5.92 Å². The van der Waals surface area contributed by atoms with Crippen LogP contribution in [0.2, 0.25) is 0 Å². The second kappa shape index (κ2) is 8.20. The molecule has 1 aromatic rings. The Hall–Kier alpha value is -1.32. The fraction of sp³-hybridized carbons (Fsp3) is 0.765. The largest absolute Gasteiger partial charge is 0.370 e. The van der Waals surface area contributed by atoms with Gasteiger partial charge in [0.1, 0.15) is 17.5 Å². The van der Waals surface area contributed by atoms with Crippen molar-refractivity contribution >= 4 is 11.6 Å². The van der Waals surface area contributed by atoms with Gasteiger partial charge in [-0.3, -0.25) is 0 Å². The fourth-order valence-corrected chi connectivity index (χ4v) is 3.09. The van der Waals surface area contributed by atoms with Gasteiger partial charge < -0.3 is 10.6 Å². The highest BCUT2D eigenvalue weighted by molar-refractivity contribution is 5.57. The molecule has 0 radical (unpaired) electrons. The number of nitrogens with one attached hydrogen (secondary N) is 2. The van der Waals surface area contributed by atoms with Crippen molar-refractivity contribution in [1.29, 1.82) is 0 Å². The molecule has 1 aliphatic rings. The Bertz CT molecular complexity index is 439. The maximum Gasteiger partial charge on any atom is 0.134 e. The van der Waals surface area contributed by atoms with Crippen molar-refractivity contribution in [3.8, 4) is 0 Å². The molecule has 0 amide bonds. The number of aromatic nitrogens is 2. The van der Waals surface area contributed by atoms with Crippen molar-refractivity contribution in [3.05, 3.63) is 11.4 Å². The lowest BCUT2D eigenvalue weighted by Crippen LogP contribution is -2.15. The monoisotopic (exact) mass is 290 g/mol. The summed E-state index contributed by atoms with van der Waals surface area (Å²) in [5.41, 5.74) is 1.14. The minimum atomic E-state index is 0.833. The van der Waals surface area contributed by atoms with Crippen LogP contribution >= 0.6 is 0 Å². The van der Waals surface area contributed by atoms with Crippen LogP contribution in [0.1, 0.15) is 63.3 Å². The van der Waals surface area contributed by atoms with Gasteiger partial charge in [-0.2, -0.15) is 0 Å². The molecule has 1 heterocycles. The summed E-state index contributed by atoms with van der Waals surface area (Å²) >= 11 is 0. The Labute approximate surface area is 129 Å². The lowest BCUT2D eigenvalue weighted by atomic mass is 9.87. The van der Waals surface area contributed by atoms with Crippen LogP contribution in [-0.4, -0.2) is 23.1 Å². The highest BCUT2D eigenvalue weighted by Crippen LogP contribution is 2.26. The lowest BCUT2D eigenvalue weighted by molar-refractivity contribution is 0.345. The molecule has 2 N–H and O–H groups in total. The molecule has 0 atom stereocenters. The summed E-state index contributed by atoms with van der Waals surface area (Å²) in [4.78, 5) is 9.07. The minimum Gasteiger partial charge on any atom is -0.370 e. The molecule has 2 rings (SSSR count). The third-order valence-corrected chi connectivity index (χ3v) is 4.37. The average Bonchev–Trinajstić information content (AvgIpc) is 2.50. The molecule has 0 unspecified atom stereocenters. The Balaban J connectivity index is 1.90. The highest BCUT2D eigenvalue weighted by atomic mass is 15.1. The third-order valence-electron chi connectivity index (χ3n) is 4.37. The third kappa shape index (κ3) is 4.87. The molecule has 1 aromatic heterocycles. The number of aryl methyl sites for hydroxylation is 1. The summed E-state index contributed by atoms with van der Waals surface area (Å²) < 4.78 is 0. The smallest absolute Gasteiger partial charge is 0.134 e. The Morgan fingerprint density at radius 1 is 0.952 bits per heavy atom. The number of rotatable bonds is 7. The van der Waals surface area contributed by atoms with Gasteiger partial charge in [-0.15, -0.1) is 0 Å². The molecule has 4 nitrogen and oxygen atoms in total. The van der Waals surface area contributed by atoms with E-state index in [0.29, 0.717) is 0 Å². The second-order valence-corrected chi connectivity index (χ2v) is 6.24. The summed E-state index contributed by atoms with van der Waals surface area (Å²) in [7, 11) is 0. The summed E-state index contributed by atoms with van der Waals surface area (Å²) in [6.45, 7) is 8.21. The van der Waals surface area contributed by atoms with E-state index in [2.05, 4.69) is 34.4 Å². The van der Waals surface area contributed by atoms with Crippen LogP contribution in [0.4, 0.5) is 11.6 Å². The van der Waals surface area contributed by atoms with Gasteiger partial charge in [0, 0.05) is 18.7 Å². The van der Waals surface area contributed by atoms with E-state index in [9.17, 15) is 0 Å². The van der Waals surface area contributed by atoms with Gasteiger partial charge in [0.2, 0.25) is 0 Å². The maximum atomic E-state index is 4.56. The first kappa shape index (κ1) is 16.1. The van der Waals surface area contributed by atoms with E-state index < -0.39 is 0 Å². The van der Waals surface area contributed by atoms with Crippen molar-refractivity contribution in [2.45, 2.75) is 65.7 Å². The number of hydrogen-bond donors (Lipinski definition) is 2. The molecule has 0 saturated heterocycles. The number of anilines is 2. The molecule has 0 aromatic carbocycles. The number of nitrogens with zero attached hydrogens (tertiary/aromatic N) is 2. The van der Waals surface area contributed by atoms with E-state index >= 15 is 0 Å². The van der Waals surface area contributed by atoms with Crippen LogP contribution < -0.4 is 10.6 Å². The second-order valence-electron chi connectivity index (χ2n) is 6.24. The standard InChI is InChI=1S/C17H30N4/c1-4-11-18-16-13(2)17(21-14(3)20-16)19-12-10-15-8-6-5-7-9-15/h15H,4-12H2,1-3H3,(H2,18,19,20,21). The predicted molar refractivity (Wildman–Crippen MR) is 90.0 cm³/mol. The van der Waals surface area contributed by atoms with Crippen molar-refractivity contribution in [3.63, 3.8) is 0 Å². The molecular weight excluding hydrogens is 260 g/mol. The minimum absolute atomic E-state index is 0.833. The van der Waals surface area contributed by atoms with Gasteiger partial charge in [0.15, 0.2) is 0 Å². The van der Waals surface area contributed by atoms with Gasteiger partial charge in [0.05, 0.1) is 0 Å². The Kier molecular flexibility index (Phi) is 6.27. The van der Waals surface area contributed by atoms with Crippen molar-refractivity contribution in [1.82, 2.24) is 9.97 Å². The molecule has 118 valence electrons. The first-order chi connectivity index (χ1) is 10.2. The zero-order valence-corrected chi connectivity index (χ0v) is 13.8. The van der Waals surface area contributed by atoms with Crippen LogP contribution in [0.25, 0.3) is 0 Å². The molecule has 21 heavy (non-hydrogen) atoms. The molecule has 1 aliphatic carbocycles. The van der Waals surface area contributed by atoms with E-state index in [-0.39, 0.29) is 0 Å². The summed E-state index contributed by atoms with van der Waals surface area (Å²) in [5, 5.41) is 6.92. The van der Waals surface area contributed by atoms with Crippen LogP contribution in [0.5, 0.6) is 0 Å². The predicted octanol–water partition coefficient (Wildman–Crippen LogP) is 4.30. The van der Waals surface area contributed by atoms with E-state index in [1.54, 1.807) is 0 Å². The molecule has 0 spiro atoms. The normalized spacial score (nSPS) is 16.0. The molecule has 1 saturated carbocycles. The topological polar surface area (TPSA) is 49.8 Å². The Morgan fingerprint density at radius 3 is 2.19 bits per heavy atom. The van der Waals surface area contributed by atoms with Gasteiger partial charge in [0.25, 0.3) is 0 Å². The molecular formula is C17H30N4. The van der Waals surface area contributed by atoms with E-state index in [0.717, 1.165) is 48.5 Å². The quantitative estimate of drug-likeness (QED) is 0.786. The average molecular weight is 290 g/mol. The van der Waals surface area contributed by atoms with Crippen LogP contribution in [-0.2, 0) is 0 Å². The van der Waals surface area contributed by atoms with Gasteiger partial charge in [-0.1, -0.05) is 39.0 Å². The SMILES string of the molecule is CCCNc1nc(C)nc(NCCC2CCCCC2)c1C. The summed E-state index contributed by atoms with van der Waals surface area (Å²) in [6.07, 6.45) is 9.45. The zero-order valence-electron chi connectivity index (χ0n) is 13.8.